The van der Waals surface area contributed by atoms with Crippen LogP contribution in [0.25, 0.3) is 10.9 Å². The highest BCUT2D eigenvalue weighted by molar-refractivity contribution is 5.91. The normalized spacial score (nSPS) is 23.6. The minimum absolute atomic E-state index is 0.0383. The van der Waals surface area contributed by atoms with Crippen molar-refractivity contribution >= 4 is 22.7 Å². The molecular formula is C30H33N3O6. The van der Waals surface area contributed by atoms with E-state index in [1.165, 1.54) is 0 Å². The second kappa shape index (κ2) is 10.4. The van der Waals surface area contributed by atoms with Crippen LogP contribution in [0.3, 0.4) is 0 Å². The molecule has 9 heteroatoms. The molecule has 3 aromatic rings. The van der Waals surface area contributed by atoms with Crippen LogP contribution in [0.2, 0.25) is 0 Å². The Bertz CT molecular complexity index is 1400. The van der Waals surface area contributed by atoms with E-state index in [4.69, 9.17) is 18.9 Å². The minimum atomic E-state index is -0.707. The first-order chi connectivity index (χ1) is 19.0. The number of nitrogens with zero attached hydrogens (tertiary/aromatic N) is 3. The third-order valence-corrected chi connectivity index (χ3v) is 8.07. The molecule has 2 aromatic carbocycles. The fraction of sp³-hybridized carbons (Fsp3) is 0.400. The van der Waals surface area contributed by atoms with Crippen LogP contribution in [0, 0.1) is 5.92 Å². The maximum Gasteiger partial charge on any atom is 0.415 e. The number of amides is 1. The number of fused-ring (bicyclic) bond motifs is 2. The standard InChI is InChI=1S/C30H33N3O6/c1-3-4-20-17-32(18-26(34)23-9-11-31-25-7-6-22(36-2)16-24(23)25)12-10-30(20)19-33(29(35)39-30)21-5-8-27-28(15-21)38-14-13-37-27/h3,5-9,11,15-16,20,26,34H,1,4,10,12-14,17-19H2,2H3/t20-,26+,30-/m0/s1. The van der Waals surface area contributed by atoms with Crippen LogP contribution in [0.4, 0.5) is 10.5 Å². The van der Waals surface area contributed by atoms with Gasteiger partial charge in [0.05, 0.1) is 31.0 Å². The first kappa shape index (κ1) is 25.5. The lowest BCUT2D eigenvalue weighted by molar-refractivity contribution is -0.0545. The third kappa shape index (κ3) is 4.77. The lowest BCUT2D eigenvalue weighted by atomic mass is 9.78. The molecule has 3 atom stereocenters. The summed E-state index contributed by atoms with van der Waals surface area (Å²) in [5.74, 6) is 2.08. The Morgan fingerprint density at radius 1 is 1.21 bits per heavy atom. The number of carbonyl (C=O) groups is 1. The number of allylic oxidation sites excluding steroid dienone is 1. The highest BCUT2D eigenvalue weighted by Gasteiger charge is 2.53. The number of hydrogen-bond donors (Lipinski definition) is 1. The number of rotatable bonds is 7. The summed E-state index contributed by atoms with van der Waals surface area (Å²) in [6.45, 7) is 7.25. The van der Waals surface area contributed by atoms with E-state index in [0.29, 0.717) is 63.7 Å². The van der Waals surface area contributed by atoms with E-state index >= 15 is 0 Å². The van der Waals surface area contributed by atoms with Crippen LogP contribution in [0.5, 0.6) is 17.2 Å². The average molecular weight is 532 g/mol. The predicted octanol–water partition coefficient (Wildman–Crippen LogP) is 4.34. The molecule has 1 spiro atoms. The van der Waals surface area contributed by atoms with Crippen LogP contribution >= 0.6 is 0 Å². The van der Waals surface area contributed by atoms with Gasteiger partial charge < -0.3 is 24.1 Å². The van der Waals surface area contributed by atoms with E-state index in [0.717, 1.165) is 27.9 Å². The Balaban J connectivity index is 1.19. The number of aromatic nitrogens is 1. The van der Waals surface area contributed by atoms with E-state index in [1.807, 2.05) is 48.5 Å². The van der Waals surface area contributed by atoms with E-state index in [1.54, 1.807) is 18.2 Å². The maximum absolute atomic E-state index is 13.1. The third-order valence-electron chi connectivity index (χ3n) is 8.07. The van der Waals surface area contributed by atoms with Gasteiger partial charge in [-0.3, -0.25) is 14.8 Å². The second-order valence-corrected chi connectivity index (χ2v) is 10.4. The van der Waals surface area contributed by atoms with Gasteiger partial charge in [0.25, 0.3) is 0 Å². The number of hydrogen-bond acceptors (Lipinski definition) is 8. The number of likely N-dealkylation sites (tertiary alicyclic amines) is 1. The number of benzene rings is 2. The van der Waals surface area contributed by atoms with Gasteiger partial charge in [0.15, 0.2) is 11.5 Å². The van der Waals surface area contributed by atoms with E-state index < -0.39 is 11.7 Å². The topological polar surface area (TPSA) is 93.6 Å². The molecular weight excluding hydrogens is 498 g/mol. The lowest BCUT2D eigenvalue weighted by Gasteiger charge is -2.44. The van der Waals surface area contributed by atoms with Crippen molar-refractivity contribution in [2.45, 2.75) is 24.5 Å². The number of aliphatic hydroxyl groups is 1. The van der Waals surface area contributed by atoms with Gasteiger partial charge in [-0.15, -0.1) is 6.58 Å². The summed E-state index contributed by atoms with van der Waals surface area (Å²) in [6, 6.07) is 13.1. The van der Waals surface area contributed by atoms with E-state index in [2.05, 4.69) is 16.5 Å². The van der Waals surface area contributed by atoms with Gasteiger partial charge in [0.2, 0.25) is 0 Å². The summed E-state index contributed by atoms with van der Waals surface area (Å²) >= 11 is 0. The molecule has 0 unspecified atom stereocenters. The van der Waals surface area contributed by atoms with Gasteiger partial charge in [-0.1, -0.05) is 6.08 Å². The smallest absolute Gasteiger partial charge is 0.415 e. The molecule has 1 N–H and O–H groups in total. The molecule has 0 radical (unpaired) electrons. The number of anilines is 1. The second-order valence-electron chi connectivity index (χ2n) is 10.4. The van der Waals surface area contributed by atoms with Crippen molar-refractivity contribution in [3.8, 4) is 17.2 Å². The van der Waals surface area contributed by atoms with Crippen molar-refractivity contribution in [1.82, 2.24) is 9.88 Å². The molecule has 1 amide bonds. The van der Waals surface area contributed by atoms with Crippen molar-refractivity contribution in [3.05, 3.63) is 66.9 Å². The molecule has 39 heavy (non-hydrogen) atoms. The molecule has 6 rings (SSSR count). The lowest BCUT2D eigenvalue weighted by Crippen LogP contribution is -2.54. The Morgan fingerprint density at radius 3 is 2.87 bits per heavy atom. The molecule has 2 fully saturated rings. The van der Waals surface area contributed by atoms with Gasteiger partial charge in [-0.2, -0.15) is 0 Å². The number of pyridine rings is 1. The van der Waals surface area contributed by atoms with Crippen LogP contribution < -0.4 is 19.1 Å². The summed E-state index contributed by atoms with van der Waals surface area (Å²) in [5, 5.41) is 12.2. The quantitative estimate of drug-likeness (QED) is 0.450. The number of ether oxygens (including phenoxy) is 4. The van der Waals surface area contributed by atoms with Crippen molar-refractivity contribution in [3.63, 3.8) is 0 Å². The first-order valence-corrected chi connectivity index (χ1v) is 13.3. The Hall–Kier alpha value is -3.82. The molecule has 204 valence electrons. The molecule has 0 saturated carbocycles. The maximum atomic E-state index is 13.1. The summed E-state index contributed by atoms with van der Waals surface area (Å²) in [7, 11) is 1.63. The van der Waals surface area contributed by atoms with E-state index in [9.17, 15) is 9.90 Å². The fourth-order valence-corrected chi connectivity index (χ4v) is 6.02. The number of piperidine rings is 1. The van der Waals surface area contributed by atoms with Crippen molar-refractivity contribution < 1.29 is 28.8 Å². The van der Waals surface area contributed by atoms with Gasteiger partial charge in [0, 0.05) is 49.6 Å². The number of methoxy groups -OCH3 is 1. The monoisotopic (exact) mass is 531 g/mol. The first-order valence-electron chi connectivity index (χ1n) is 13.3. The number of aliphatic hydroxyl groups excluding tert-OH is 1. The van der Waals surface area contributed by atoms with Crippen molar-refractivity contribution in [1.29, 1.82) is 0 Å². The van der Waals surface area contributed by atoms with Gasteiger partial charge in [-0.05, 0) is 48.4 Å². The van der Waals surface area contributed by atoms with Gasteiger partial charge >= 0.3 is 6.09 Å². The summed E-state index contributed by atoms with van der Waals surface area (Å²) in [5.41, 5.74) is 1.73. The Morgan fingerprint density at radius 2 is 2.05 bits per heavy atom. The van der Waals surface area contributed by atoms with Crippen molar-refractivity contribution in [2.24, 2.45) is 5.92 Å². The molecule has 9 nitrogen and oxygen atoms in total. The fourth-order valence-electron chi connectivity index (χ4n) is 6.02. The molecule has 3 aliphatic heterocycles. The zero-order valence-electron chi connectivity index (χ0n) is 22.0. The molecule has 2 saturated heterocycles. The summed E-state index contributed by atoms with van der Waals surface area (Å²) < 4.78 is 22.9. The SMILES string of the molecule is C=CC[C@H]1CN(C[C@@H](O)c2ccnc3ccc(OC)cc23)CC[C@]12CN(c1ccc3c(c1)OCCO3)C(=O)O2. The number of β-amino-alcohol motifs (C(OH)–C–C–N with tert-alkyl or cyclic N) is 1. The molecule has 1 aromatic heterocycles. The predicted molar refractivity (Wildman–Crippen MR) is 147 cm³/mol. The Kier molecular flexibility index (Phi) is 6.78. The molecule has 3 aliphatic rings. The molecule has 0 bridgehead atoms. The molecule has 0 aliphatic carbocycles. The van der Waals surface area contributed by atoms with E-state index in [-0.39, 0.29) is 12.0 Å². The summed E-state index contributed by atoms with van der Waals surface area (Å²) in [6.07, 6.45) is 3.91. The van der Waals surface area contributed by atoms with Gasteiger partial charge in [-0.25, -0.2) is 4.79 Å². The molecule has 4 heterocycles. The largest absolute Gasteiger partial charge is 0.497 e. The highest BCUT2D eigenvalue weighted by atomic mass is 16.6. The Labute approximate surface area is 227 Å². The average Bonchev–Trinajstić information content (AvgIpc) is 3.30. The highest BCUT2D eigenvalue weighted by Crippen LogP contribution is 2.43. The summed E-state index contributed by atoms with van der Waals surface area (Å²) in [4.78, 5) is 21.5. The van der Waals surface area contributed by atoms with Crippen LogP contribution in [0.15, 0.2) is 61.3 Å². The minimum Gasteiger partial charge on any atom is -0.497 e. The zero-order chi connectivity index (χ0) is 27.0. The van der Waals surface area contributed by atoms with Crippen LogP contribution in [-0.2, 0) is 4.74 Å². The van der Waals surface area contributed by atoms with Crippen molar-refractivity contribution in [2.75, 3.05) is 51.4 Å². The zero-order valence-corrected chi connectivity index (χ0v) is 22.0. The van der Waals surface area contributed by atoms with Crippen LogP contribution in [0.1, 0.15) is 24.5 Å². The van der Waals surface area contributed by atoms with Crippen LogP contribution in [-0.4, -0.2) is 73.2 Å². The van der Waals surface area contributed by atoms with Gasteiger partial charge in [0.1, 0.15) is 24.6 Å². The number of carbonyl (C=O) groups excluding carboxylic acids is 1.